The second-order valence-electron chi connectivity index (χ2n) is 4.87. The summed E-state index contributed by atoms with van der Waals surface area (Å²) in [6.45, 7) is 2.08. The number of aromatic nitrogens is 3. The Hall–Kier alpha value is -1.76. The molecule has 110 valence electrons. The van der Waals surface area contributed by atoms with E-state index in [0.717, 1.165) is 26.6 Å². The van der Waals surface area contributed by atoms with Crippen molar-refractivity contribution >= 4 is 60.5 Å². The molecule has 0 aliphatic heterocycles. The zero-order chi connectivity index (χ0) is 15.1. The van der Waals surface area contributed by atoms with Gasteiger partial charge in [-0.3, -0.25) is 0 Å². The van der Waals surface area contributed by atoms with Gasteiger partial charge in [-0.1, -0.05) is 23.7 Å². The highest BCUT2D eigenvalue weighted by atomic mass is 35.5. The van der Waals surface area contributed by atoms with Gasteiger partial charge in [0.15, 0.2) is 0 Å². The zero-order valence-corrected chi connectivity index (χ0v) is 14.0. The maximum Gasteiger partial charge on any atom is 0.140 e. The third-order valence-corrected chi connectivity index (χ3v) is 5.89. The molecule has 3 heterocycles. The van der Waals surface area contributed by atoms with Gasteiger partial charge in [-0.25, -0.2) is 15.0 Å². The van der Waals surface area contributed by atoms with E-state index in [1.165, 1.54) is 16.0 Å². The highest BCUT2D eigenvalue weighted by Gasteiger charge is 2.15. The van der Waals surface area contributed by atoms with Crippen molar-refractivity contribution in [2.45, 2.75) is 13.0 Å². The van der Waals surface area contributed by atoms with Crippen molar-refractivity contribution in [1.82, 2.24) is 15.0 Å². The highest BCUT2D eigenvalue weighted by molar-refractivity contribution is 7.18. The Morgan fingerprint density at radius 1 is 1.23 bits per heavy atom. The fourth-order valence-electron chi connectivity index (χ4n) is 2.29. The van der Waals surface area contributed by atoms with E-state index < -0.39 is 0 Å². The summed E-state index contributed by atoms with van der Waals surface area (Å²) in [6.07, 6.45) is 1.56. The van der Waals surface area contributed by atoms with Gasteiger partial charge in [0.05, 0.1) is 26.7 Å². The molecule has 1 atom stereocenters. The molecule has 0 spiro atoms. The topological polar surface area (TPSA) is 50.7 Å². The van der Waals surface area contributed by atoms with Gasteiger partial charge in [-0.2, -0.15) is 0 Å². The fraction of sp³-hybridized carbons (Fsp3) is 0.133. The predicted molar refractivity (Wildman–Crippen MR) is 94.1 cm³/mol. The molecule has 1 N–H and O–H groups in total. The first-order valence-electron chi connectivity index (χ1n) is 6.72. The average Bonchev–Trinajstić information content (AvgIpc) is 3.12. The summed E-state index contributed by atoms with van der Waals surface area (Å²) in [5.41, 5.74) is 1.03. The fourth-order valence-corrected chi connectivity index (χ4v) is 4.40. The molecule has 3 aromatic heterocycles. The van der Waals surface area contributed by atoms with Crippen LogP contribution in [0.4, 0.5) is 5.82 Å². The van der Waals surface area contributed by atoms with Crippen LogP contribution >= 0.6 is 34.3 Å². The lowest BCUT2D eigenvalue weighted by molar-refractivity contribution is 0.866. The van der Waals surface area contributed by atoms with E-state index in [1.54, 1.807) is 17.7 Å². The summed E-state index contributed by atoms with van der Waals surface area (Å²) in [4.78, 5) is 14.2. The van der Waals surface area contributed by atoms with Crippen molar-refractivity contribution in [3.63, 3.8) is 0 Å². The third kappa shape index (κ3) is 2.33. The summed E-state index contributed by atoms with van der Waals surface area (Å²) >= 11 is 9.46. The smallest absolute Gasteiger partial charge is 0.140 e. The van der Waals surface area contributed by atoms with Gasteiger partial charge >= 0.3 is 0 Å². The number of thiazole rings is 1. The number of anilines is 1. The molecule has 0 saturated heterocycles. The van der Waals surface area contributed by atoms with Crippen LogP contribution in [0.3, 0.4) is 0 Å². The molecule has 0 bridgehead atoms. The van der Waals surface area contributed by atoms with Gasteiger partial charge in [0.1, 0.15) is 22.0 Å². The van der Waals surface area contributed by atoms with Crippen LogP contribution in [0.5, 0.6) is 0 Å². The number of nitrogens with zero attached hydrogens (tertiary/aromatic N) is 3. The molecule has 1 unspecified atom stereocenters. The molecule has 0 aliphatic carbocycles. The van der Waals surface area contributed by atoms with Crippen LogP contribution in [0.15, 0.2) is 36.0 Å². The Balaban J connectivity index is 1.71. The van der Waals surface area contributed by atoms with Crippen LogP contribution < -0.4 is 5.32 Å². The molecule has 0 radical (unpaired) electrons. The van der Waals surface area contributed by atoms with E-state index in [-0.39, 0.29) is 6.04 Å². The molecule has 0 fully saturated rings. The van der Waals surface area contributed by atoms with Crippen molar-refractivity contribution in [3.05, 3.63) is 46.0 Å². The number of nitrogens with one attached hydrogen (secondary N) is 1. The average molecular weight is 347 g/mol. The summed E-state index contributed by atoms with van der Waals surface area (Å²) in [5, 5.41) is 7.88. The first-order valence-corrected chi connectivity index (χ1v) is 8.79. The molecule has 22 heavy (non-hydrogen) atoms. The van der Waals surface area contributed by atoms with Gasteiger partial charge in [0.25, 0.3) is 0 Å². The normalized spacial score (nSPS) is 12.8. The molecule has 0 aliphatic rings. The molecule has 0 saturated carbocycles. The minimum absolute atomic E-state index is 0.0477. The molecule has 4 aromatic rings. The van der Waals surface area contributed by atoms with Crippen LogP contribution in [0.1, 0.15) is 18.0 Å². The van der Waals surface area contributed by atoms with E-state index in [2.05, 4.69) is 33.3 Å². The number of hydrogen-bond acceptors (Lipinski definition) is 6. The summed E-state index contributed by atoms with van der Waals surface area (Å²) in [6, 6.07) is 8.19. The molecule has 1 aromatic carbocycles. The minimum Gasteiger partial charge on any atom is -0.360 e. The van der Waals surface area contributed by atoms with E-state index in [4.69, 9.17) is 11.6 Å². The van der Waals surface area contributed by atoms with Crippen LogP contribution in [-0.2, 0) is 0 Å². The van der Waals surface area contributed by atoms with Crippen molar-refractivity contribution in [1.29, 1.82) is 0 Å². The first kappa shape index (κ1) is 13.9. The van der Waals surface area contributed by atoms with Gasteiger partial charge in [-0.05, 0) is 19.1 Å². The number of para-hydroxylation sites is 1. The van der Waals surface area contributed by atoms with E-state index in [0.29, 0.717) is 5.02 Å². The zero-order valence-electron chi connectivity index (χ0n) is 11.6. The van der Waals surface area contributed by atoms with Crippen molar-refractivity contribution in [2.24, 2.45) is 0 Å². The largest absolute Gasteiger partial charge is 0.360 e. The Morgan fingerprint density at radius 3 is 2.95 bits per heavy atom. The summed E-state index contributed by atoms with van der Waals surface area (Å²) < 4.78 is 1.19. The first-order chi connectivity index (χ1) is 10.7. The lowest BCUT2D eigenvalue weighted by Crippen LogP contribution is -2.08. The maximum absolute atomic E-state index is 6.25. The molecule has 0 amide bonds. The quantitative estimate of drug-likeness (QED) is 0.559. The number of fused-ring (bicyclic) bond motifs is 2. The Kier molecular flexibility index (Phi) is 3.44. The SMILES string of the molecule is CC(Nc1ncnc2scc(Cl)c12)c1nc2ccccc2s1. The minimum atomic E-state index is 0.0477. The number of thiophene rings is 1. The molecular weight excluding hydrogens is 336 g/mol. The number of benzene rings is 1. The Bertz CT molecular complexity index is 929. The number of hydrogen-bond donors (Lipinski definition) is 1. The monoisotopic (exact) mass is 346 g/mol. The lowest BCUT2D eigenvalue weighted by atomic mass is 10.3. The van der Waals surface area contributed by atoms with E-state index >= 15 is 0 Å². The number of rotatable bonds is 3. The maximum atomic E-state index is 6.25. The van der Waals surface area contributed by atoms with Crippen molar-refractivity contribution in [3.8, 4) is 0 Å². The van der Waals surface area contributed by atoms with Crippen LogP contribution in [-0.4, -0.2) is 15.0 Å². The number of halogens is 1. The molecular formula is C15H11ClN4S2. The molecule has 4 nitrogen and oxygen atoms in total. The van der Waals surface area contributed by atoms with Gasteiger partial charge in [0.2, 0.25) is 0 Å². The molecule has 4 rings (SSSR count). The second-order valence-corrected chi connectivity index (χ2v) is 7.20. The molecule has 7 heteroatoms. The second kappa shape index (κ2) is 5.46. The Morgan fingerprint density at radius 2 is 2.09 bits per heavy atom. The van der Waals surface area contributed by atoms with Crippen molar-refractivity contribution < 1.29 is 0 Å². The third-order valence-electron chi connectivity index (χ3n) is 3.36. The van der Waals surface area contributed by atoms with Gasteiger partial charge in [0, 0.05) is 5.38 Å². The lowest BCUT2D eigenvalue weighted by Gasteiger charge is -2.12. The van der Waals surface area contributed by atoms with Gasteiger partial charge < -0.3 is 5.32 Å². The van der Waals surface area contributed by atoms with E-state index in [1.807, 2.05) is 23.6 Å². The highest BCUT2D eigenvalue weighted by Crippen LogP contribution is 2.35. The van der Waals surface area contributed by atoms with E-state index in [9.17, 15) is 0 Å². The Labute approximate surface area is 139 Å². The van der Waals surface area contributed by atoms with Crippen molar-refractivity contribution in [2.75, 3.05) is 5.32 Å². The van der Waals surface area contributed by atoms with Crippen LogP contribution in [0, 0.1) is 0 Å². The predicted octanol–water partition coefficient (Wildman–Crippen LogP) is 5.13. The standard InChI is InChI=1S/C15H11ClN4S2/c1-8(14-20-10-4-2-3-5-11(10)22-14)19-13-12-9(16)6-21-15(12)18-7-17-13/h2-8H,1H3,(H,17,18,19). The van der Waals surface area contributed by atoms with Gasteiger partial charge in [-0.15, -0.1) is 22.7 Å². The summed E-state index contributed by atoms with van der Waals surface area (Å²) in [7, 11) is 0. The summed E-state index contributed by atoms with van der Waals surface area (Å²) in [5.74, 6) is 0.753. The van der Waals surface area contributed by atoms with Crippen LogP contribution in [0.2, 0.25) is 5.02 Å². The van der Waals surface area contributed by atoms with Crippen LogP contribution in [0.25, 0.3) is 20.4 Å².